The molecule has 11 heteroatoms. The Morgan fingerprint density at radius 3 is 2.52 bits per heavy atom. The molecule has 31 heavy (non-hydrogen) atoms. The number of alkyl halides is 3. The molecule has 1 aromatic carbocycles. The van der Waals surface area contributed by atoms with Gasteiger partial charge >= 0.3 is 12.2 Å². The molecule has 1 aromatic heterocycles. The summed E-state index contributed by atoms with van der Waals surface area (Å²) in [5, 5.41) is 7.75. The maximum absolute atomic E-state index is 12.9. The quantitative estimate of drug-likeness (QED) is 0.607. The zero-order valence-electron chi connectivity index (χ0n) is 15.8. The molecule has 1 saturated carbocycles. The molecule has 0 spiro atoms. The molecule has 4 rings (SSSR count). The summed E-state index contributed by atoms with van der Waals surface area (Å²) < 4.78 is 38.4. The average molecular weight is 453 g/mol. The van der Waals surface area contributed by atoms with Crippen LogP contribution < -0.4 is 16.0 Å². The van der Waals surface area contributed by atoms with Gasteiger partial charge in [-0.25, -0.2) is 4.79 Å². The van der Waals surface area contributed by atoms with Gasteiger partial charge in [0.15, 0.2) is 0 Å². The van der Waals surface area contributed by atoms with Crippen LogP contribution in [0.5, 0.6) is 0 Å². The molecule has 0 unspecified atom stereocenters. The summed E-state index contributed by atoms with van der Waals surface area (Å²) in [6.45, 7) is -0.124. The highest BCUT2D eigenvalue weighted by Gasteiger charge is 2.56. The number of aromatic nitrogens is 1. The summed E-state index contributed by atoms with van der Waals surface area (Å²) in [6.07, 6.45) is -2.09. The number of hydrogen-bond donors (Lipinski definition) is 3. The van der Waals surface area contributed by atoms with Crippen molar-refractivity contribution in [3.8, 4) is 11.1 Å². The lowest BCUT2D eigenvalue weighted by Gasteiger charge is -2.26. The zero-order chi connectivity index (χ0) is 22.4. The van der Waals surface area contributed by atoms with Gasteiger partial charge in [-0.2, -0.15) is 13.2 Å². The van der Waals surface area contributed by atoms with Gasteiger partial charge in [0.2, 0.25) is 0 Å². The molecule has 1 saturated heterocycles. The minimum atomic E-state index is -4.59. The maximum Gasteiger partial charge on any atom is 0.433 e. The Morgan fingerprint density at radius 1 is 1.23 bits per heavy atom. The van der Waals surface area contributed by atoms with Crippen molar-refractivity contribution in [2.24, 2.45) is 5.92 Å². The van der Waals surface area contributed by atoms with Crippen molar-refractivity contribution in [3.63, 3.8) is 0 Å². The lowest BCUT2D eigenvalue weighted by atomic mass is 9.93. The van der Waals surface area contributed by atoms with Crippen molar-refractivity contribution in [1.29, 1.82) is 0 Å². The van der Waals surface area contributed by atoms with E-state index >= 15 is 0 Å². The molecule has 2 aliphatic rings. The Balaban J connectivity index is 1.59. The summed E-state index contributed by atoms with van der Waals surface area (Å²) in [5.74, 6) is -1.15. The first-order valence-corrected chi connectivity index (χ1v) is 9.73. The number of rotatable bonds is 5. The summed E-state index contributed by atoms with van der Waals surface area (Å²) in [4.78, 5) is 40.3. The lowest BCUT2D eigenvalue weighted by molar-refractivity contribution is -0.141. The number of benzene rings is 1. The molecule has 2 heterocycles. The van der Waals surface area contributed by atoms with Crippen molar-refractivity contribution >= 4 is 29.4 Å². The zero-order valence-corrected chi connectivity index (χ0v) is 16.6. The molecule has 0 bridgehead atoms. The van der Waals surface area contributed by atoms with Gasteiger partial charge in [-0.3, -0.25) is 19.9 Å². The minimum Gasteiger partial charge on any atom is -0.349 e. The third kappa shape index (κ3) is 4.07. The summed E-state index contributed by atoms with van der Waals surface area (Å²) in [7, 11) is 0. The third-order valence-corrected chi connectivity index (χ3v) is 5.60. The average Bonchev–Trinajstić information content (AvgIpc) is 3.51. The van der Waals surface area contributed by atoms with Crippen molar-refractivity contribution in [2.45, 2.75) is 24.6 Å². The van der Waals surface area contributed by atoms with Crippen LogP contribution in [0.25, 0.3) is 11.1 Å². The fourth-order valence-corrected chi connectivity index (χ4v) is 3.80. The Labute approximate surface area is 179 Å². The number of nitrogens with one attached hydrogen (secondary N) is 3. The van der Waals surface area contributed by atoms with E-state index in [0.717, 1.165) is 25.1 Å². The second-order valence-electron chi connectivity index (χ2n) is 7.46. The smallest absolute Gasteiger partial charge is 0.349 e. The van der Waals surface area contributed by atoms with E-state index in [1.165, 1.54) is 24.3 Å². The highest BCUT2D eigenvalue weighted by atomic mass is 35.5. The number of carbonyl (C=O) groups is 3. The van der Waals surface area contributed by atoms with Crippen LogP contribution in [-0.4, -0.2) is 34.9 Å². The van der Waals surface area contributed by atoms with Gasteiger partial charge in [-0.15, -0.1) is 0 Å². The van der Waals surface area contributed by atoms with Crippen molar-refractivity contribution < 1.29 is 27.6 Å². The fraction of sp³-hybridized carbons (Fsp3) is 0.300. The Kier molecular flexibility index (Phi) is 5.12. The van der Waals surface area contributed by atoms with Crippen LogP contribution in [0.4, 0.5) is 18.0 Å². The number of carbonyl (C=O) groups excluding carboxylic acids is 3. The molecule has 4 amide bonds. The molecule has 1 aliphatic carbocycles. The van der Waals surface area contributed by atoms with E-state index < -0.39 is 35.3 Å². The van der Waals surface area contributed by atoms with E-state index in [1.807, 2.05) is 0 Å². The summed E-state index contributed by atoms with van der Waals surface area (Å²) in [5.41, 5.74) is -1.58. The van der Waals surface area contributed by atoms with Gasteiger partial charge < -0.3 is 10.6 Å². The first-order chi connectivity index (χ1) is 14.6. The first kappa shape index (κ1) is 21.1. The molecule has 162 valence electrons. The van der Waals surface area contributed by atoms with Gasteiger partial charge in [0.1, 0.15) is 11.2 Å². The summed E-state index contributed by atoms with van der Waals surface area (Å²) >= 11 is 6.03. The Bertz CT molecular complexity index is 1070. The topological polar surface area (TPSA) is 100 Å². The van der Waals surface area contributed by atoms with E-state index in [9.17, 15) is 27.6 Å². The fourth-order valence-electron chi connectivity index (χ4n) is 3.63. The largest absolute Gasteiger partial charge is 0.433 e. The Hall–Kier alpha value is -3.14. The van der Waals surface area contributed by atoms with Crippen LogP contribution in [0.3, 0.4) is 0 Å². The van der Waals surface area contributed by atoms with E-state index in [2.05, 4.69) is 20.9 Å². The standard InChI is InChI=1S/C20H16ClF3N4O3/c21-12-4-5-13(14(7-12)10-1-6-15(25-8-10)20(22,23)24)16(29)26-9-19(11-2-3-11)17(30)27-18(31)28-19/h1,4-8,11H,2-3,9H2,(H,26,29)(H2,27,28,30,31)/t19-/m0/s1. The first-order valence-electron chi connectivity index (χ1n) is 9.35. The molecule has 2 aromatic rings. The van der Waals surface area contributed by atoms with Crippen molar-refractivity contribution in [2.75, 3.05) is 6.54 Å². The number of urea groups is 1. The van der Waals surface area contributed by atoms with Gasteiger partial charge in [0.25, 0.3) is 11.8 Å². The highest BCUT2D eigenvalue weighted by Crippen LogP contribution is 2.41. The van der Waals surface area contributed by atoms with Crippen LogP contribution in [0.2, 0.25) is 5.02 Å². The van der Waals surface area contributed by atoms with Crippen molar-refractivity contribution in [3.05, 3.63) is 52.8 Å². The van der Waals surface area contributed by atoms with Crippen molar-refractivity contribution in [1.82, 2.24) is 20.9 Å². The van der Waals surface area contributed by atoms with Crippen LogP contribution in [0.1, 0.15) is 28.9 Å². The number of hydrogen-bond acceptors (Lipinski definition) is 4. The molecule has 1 aliphatic heterocycles. The van der Waals surface area contributed by atoms with Crippen LogP contribution in [-0.2, 0) is 11.0 Å². The number of pyridine rings is 1. The maximum atomic E-state index is 12.9. The molecule has 1 atom stereocenters. The van der Waals surface area contributed by atoms with Gasteiger partial charge in [0, 0.05) is 22.3 Å². The molecule has 2 fully saturated rings. The minimum absolute atomic E-state index is 0.0805. The number of halogens is 4. The van der Waals surface area contributed by atoms with E-state index in [-0.39, 0.29) is 34.2 Å². The van der Waals surface area contributed by atoms with E-state index in [4.69, 9.17) is 11.6 Å². The lowest BCUT2D eigenvalue weighted by Crippen LogP contribution is -2.57. The number of nitrogens with zero attached hydrogens (tertiary/aromatic N) is 1. The molecule has 7 nitrogen and oxygen atoms in total. The highest BCUT2D eigenvalue weighted by molar-refractivity contribution is 6.31. The second kappa shape index (κ2) is 7.52. The van der Waals surface area contributed by atoms with Crippen LogP contribution in [0.15, 0.2) is 36.5 Å². The predicted octanol–water partition coefficient (Wildman–Crippen LogP) is 3.14. The van der Waals surface area contributed by atoms with Crippen LogP contribution >= 0.6 is 11.6 Å². The van der Waals surface area contributed by atoms with Crippen LogP contribution in [0, 0.1) is 5.92 Å². The normalized spacial score (nSPS) is 20.9. The Morgan fingerprint density at radius 2 is 1.97 bits per heavy atom. The van der Waals surface area contributed by atoms with E-state index in [0.29, 0.717) is 0 Å². The SMILES string of the molecule is O=C1NC(=O)[C@](CNC(=O)c2ccc(Cl)cc2-c2ccc(C(F)(F)F)nc2)(C2CC2)N1. The third-order valence-electron chi connectivity index (χ3n) is 5.36. The summed E-state index contributed by atoms with van der Waals surface area (Å²) in [6, 6.07) is 5.75. The monoisotopic (exact) mass is 452 g/mol. The molecule has 0 radical (unpaired) electrons. The molecule has 3 N–H and O–H groups in total. The van der Waals surface area contributed by atoms with Gasteiger partial charge in [0.05, 0.1) is 6.54 Å². The second-order valence-corrected chi connectivity index (χ2v) is 7.89. The number of amides is 4. The molecular formula is C20H16ClF3N4O3. The molecular weight excluding hydrogens is 437 g/mol. The van der Waals surface area contributed by atoms with Gasteiger partial charge in [-0.05, 0) is 48.6 Å². The van der Waals surface area contributed by atoms with Gasteiger partial charge in [-0.1, -0.05) is 17.7 Å². The predicted molar refractivity (Wildman–Crippen MR) is 104 cm³/mol. The van der Waals surface area contributed by atoms with E-state index in [1.54, 1.807) is 0 Å². The number of imide groups is 1.